The Labute approximate surface area is 131 Å². The van der Waals surface area contributed by atoms with Crippen LogP contribution in [0.5, 0.6) is 5.75 Å². The van der Waals surface area contributed by atoms with Crippen LogP contribution >= 0.6 is 35.4 Å². The molecule has 0 aliphatic carbocycles. The fourth-order valence-electron chi connectivity index (χ4n) is 1.57. The standard InChI is InChI=1S/C14H10Cl2FNOS/c15-11-5-8(14(18)20)1-2-9(11)7-19-13-4-3-10(17)6-12(13)16/h1-6H,7H2,(H2,18,20). The second kappa shape index (κ2) is 6.39. The number of nitrogens with two attached hydrogens (primary N) is 1. The molecule has 0 bridgehead atoms. The lowest BCUT2D eigenvalue weighted by Gasteiger charge is -2.10. The van der Waals surface area contributed by atoms with E-state index in [2.05, 4.69) is 0 Å². The highest BCUT2D eigenvalue weighted by Crippen LogP contribution is 2.27. The maximum Gasteiger partial charge on any atom is 0.138 e. The summed E-state index contributed by atoms with van der Waals surface area (Å²) in [6.07, 6.45) is 0. The van der Waals surface area contributed by atoms with Crippen molar-refractivity contribution in [3.05, 3.63) is 63.4 Å². The first kappa shape index (κ1) is 15.0. The number of benzene rings is 2. The predicted molar refractivity (Wildman–Crippen MR) is 83.1 cm³/mol. The number of halogens is 3. The van der Waals surface area contributed by atoms with E-state index in [9.17, 15) is 4.39 Å². The van der Waals surface area contributed by atoms with E-state index in [-0.39, 0.29) is 16.6 Å². The van der Waals surface area contributed by atoms with Gasteiger partial charge in [0.25, 0.3) is 0 Å². The maximum absolute atomic E-state index is 12.9. The maximum atomic E-state index is 12.9. The summed E-state index contributed by atoms with van der Waals surface area (Å²) in [6, 6.07) is 9.14. The molecule has 0 unspecified atom stereocenters. The van der Waals surface area contributed by atoms with Crippen molar-refractivity contribution in [2.75, 3.05) is 0 Å². The SMILES string of the molecule is NC(=S)c1ccc(COc2ccc(F)cc2Cl)c(Cl)c1. The average molecular weight is 330 g/mol. The van der Waals surface area contributed by atoms with Crippen molar-refractivity contribution in [2.24, 2.45) is 5.73 Å². The second-order valence-electron chi connectivity index (χ2n) is 4.03. The van der Waals surface area contributed by atoms with Gasteiger partial charge in [0.05, 0.1) is 5.02 Å². The highest BCUT2D eigenvalue weighted by Gasteiger charge is 2.07. The Balaban J connectivity index is 2.13. The smallest absolute Gasteiger partial charge is 0.138 e. The third-order valence-electron chi connectivity index (χ3n) is 2.61. The highest BCUT2D eigenvalue weighted by atomic mass is 35.5. The fraction of sp³-hybridized carbons (Fsp3) is 0.0714. The van der Waals surface area contributed by atoms with Crippen LogP contribution in [-0.2, 0) is 6.61 Å². The third kappa shape index (κ3) is 3.60. The molecule has 0 atom stereocenters. The molecule has 2 rings (SSSR count). The number of hydrogen-bond donors (Lipinski definition) is 1. The molecule has 0 aliphatic rings. The van der Waals surface area contributed by atoms with Crippen LogP contribution in [0.3, 0.4) is 0 Å². The summed E-state index contributed by atoms with van der Waals surface area (Å²) in [5.74, 6) is -0.0243. The minimum absolute atomic E-state index is 0.209. The zero-order chi connectivity index (χ0) is 14.7. The Morgan fingerprint density at radius 3 is 2.50 bits per heavy atom. The molecule has 2 nitrogen and oxygen atoms in total. The van der Waals surface area contributed by atoms with Crippen LogP contribution in [0.15, 0.2) is 36.4 Å². The van der Waals surface area contributed by atoms with Crippen molar-refractivity contribution < 1.29 is 9.13 Å². The fourth-order valence-corrected chi connectivity index (χ4v) is 2.15. The largest absolute Gasteiger partial charge is 0.487 e. The summed E-state index contributed by atoms with van der Waals surface area (Å²) in [6.45, 7) is 0.210. The van der Waals surface area contributed by atoms with Crippen molar-refractivity contribution in [1.82, 2.24) is 0 Å². The van der Waals surface area contributed by atoms with Gasteiger partial charge in [-0.25, -0.2) is 4.39 Å². The first-order chi connectivity index (χ1) is 9.47. The lowest BCUT2D eigenvalue weighted by Crippen LogP contribution is -2.09. The lowest BCUT2D eigenvalue weighted by molar-refractivity contribution is 0.306. The molecule has 0 fully saturated rings. The van der Waals surface area contributed by atoms with Crippen LogP contribution in [-0.4, -0.2) is 4.99 Å². The molecule has 20 heavy (non-hydrogen) atoms. The van der Waals surface area contributed by atoms with Gasteiger partial charge in [0.15, 0.2) is 0 Å². The van der Waals surface area contributed by atoms with Gasteiger partial charge in [0, 0.05) is 16.1 Å². The van der Waals surface area contributed by atoms with Gasteiger partial charge in [0.1, 0.15) is 23.2 Å². The molecular weight excluding hydrogens is 320 g/mol. The van der Waals surface area contributed by atoms with Crippen molar-refractivity contribution in [1.29, 1.82) is 0 Å². The quantitative estimate of drug-likeness (QED) is 0.847. The Kier molecular flexibility index (Phi) is 4.81. The topological polar surface area (TPSA) is 35.2 Å². The van der Waals surface area contributed by atoms with Crippen LogP contribution in [0.4, 0.5) is 4.39 Å². The summed E-state index contributed by atoms with van der Waals surface area (Å²) in [4.78, 5) is 0.279. The third-order valence-corrected chi connectivity index (χ3v) is 3.50. The number of rotatable bonds is 4. The van der Waals surface area contributed by atoms with Crippen LogP contribution in [0, 0.1) is 5.82 Å². The van der Waals surface area contributed by atoms with Crippen LogP contribution in [0.1, 0.15) is 11.1 Å². The van der Waals surface area contributed by atoms with Gasteiger partial charge in [-0.3, -0.25) is 0 Å². The van der Waals surface area contributed by atoms with Gasteiger partial charge < -0.3 is 10.5 Å². The Morgan fingerprint density at radius 1 is 1.15 bits per heavy atom. The molecule has 0 aromatic heterocycles. The van der Waals surface area contributed by atoms with Gasteiger partial charge in [-0.15, -0.1) is 0 Å². The van der Waals surface area contributed by atoms with Gasteiger partial charge in [-0.1, -0.05) is 47.6 Å². The molecule has 2 N–H and O–H groups in total. The molecule has 0 saturated heterocycles. The molecule has 0 radical (unpaired) electrons. The van der Waals surface area contributed by atoms with Gasteiger partial charge >= 0.3 is 0 Å². The molecule has 0 saturated carbocycles. The first-order valence-corrected chi connectivity index (χ1v) is 6.80. The minimum Gasteiger partial charge on any atom is -0.487 e. The van der Waals surface area contributed by atoms with E-state index in [4.69, 9.17) is 45.9 Å². The van der Waals surface area contributed by atoms with E-state index >= 15 is 0 Å². The number of ether oxygens (including phenoxy) is 1. The molecule has 2 aromatic carbocycles. The highest BCUT2D eigenvalue weighted by molar-refractivity contribution is 7.80. The van der Waals surface area contributed by atoms with Crippen molar-refractivity contribution in [3.63, 3.8) is 0 Å². The predicted octanol–water partition coefficient (Wildman–Crippen LogP) is 4.35. The molecule has 0 spiro atoms. The van der Waals surface area contributed by atoms with Crippen molar-refractivity contribution >= 4 is 40.4 Å². The summed E-state index contributed by atoms with van der Waals surface area (Å²) in [5, 5.41) is 0.703. The average Bonchev–Trinajstić information content (AvgIpc) is 2.38. The molecule has 6 heteroatoms. The monoisotopic (exact) mass is 329 g/mol. The first-order valence-electron chi connectivity index (χ1n) is 5.63. The summed E-state index contributed by atoms with van der Waals surface area (Å²) in [5.41, 5.74) is 6.97. The molecule has 104 valence electrons. The summed E-state index contributed by atoms with van der Waals surface area (Å²) in [7, 11) is 0. The van der Waals surface area contributed by atoms with Crippen LogP contribution in [0.25, 0.3) is 0 Å². The van der Waals surface area contributed by atoms with E-state index in [1.165, 1.54) is 18.2 Å². The van der Waals surface area contributed by atoms with Gasteiger partial charge in [0.2, 0.25) is 0 Å². The zero-order valence-corrected chi connectivity index (χ0v) is 12.5. The molecular formula is C14H10Cl2FNOS. The van der Waals surface area contributed by atoms with E-state index < -0.39 is 5.82 Å². The summed E-state index contributed by atoms with van der Waals surface area (Å²) < 4.78 is 18.4. The van der Waals surface area contributed by atoms with Crippen molar-refractivity contribution in [3.8, 4) is 5.75 Å². The van der Waals surface area contributed by atoms with Crippen LogP contribution < -0.4 is 10.5 Å². The van der Waals surface area contributed by atoms with Gasteiger partial charge in [-0.05, 0) is 24.3 Å². The van der Waals surface area contributed by atoms with E-state index in [0.29, 0.717) is 16.3 Å². The number of thiocarbonyl (C=S) groups is 1. The molecule has 0 heterocycles. The Bertz CT molecular complexity index is 664. The Hall–Kier alpha value is -1.36. The van der Waals surface area contributed by atoms with E-state index in [0.717, 1.165) is 5.56 Å². The summed E-state index contributed by atoms with van der Waals surface area (Å²) >= 11 is 16.9. The minimum atomic E-state index is -0.416. The molecule has 0 aliphatic heterocycles. The van der Waals surface area contributed by atoms with E-state index in [1.807, 2.05) is 0 Å². The molecule has 0 amide bonds. The molecule has 2 aromatic rings. The number of hydrogen-bond acceptors (Lipinski definition) is 2. The second-order valence-corrected chi connectivity index (χ2v) is 5.29. The van der Waals surface area contributed by atoms with E-state index in [1.54, 1.807) is 18.2 Å². The Morgan fingerprint density at radius 2 is 1.90 bits per heavy atom. The lowest BCUT2D eigenvalue weighted by atomic mass is 10.1. The normalized spacial score (nSPS) is 10.3. The van der Waals surface area contributed by atoms with Crippen LogP contribution in [0.2, 0.25) is 10.0 Å². The zero-order valence-electron chi connectivity index (χ0n) is 10.2. The van der Waals surface area contributed by atoms with Crippen molar-refractivity contribution in [2.45, 2.75) is 6.61 Å². The van der Waals surface area contributed by atoms with Gasteiger partial charge in [-0.2, -0.15) is 0 Å².